The number of carbonyl (C=O) groups excluding carboxylic acids is 1. The predicted molar refractivity (Wildman–Crippen MR) is 61.9 cm³/mol. The van der Waals surface area contributed by atoms with Crippen LogP contribution in [0.25, 0.3) is 0 Å². The Labute approximate surface area is 92.8 Å². The average molecular weight is 216 g/mol. The Kier molecular flexibility index (Phi) is 7.34. The summed E-state index contributed by atoms with van der Waals surface area (Å²) < 4.78 is 4.87. The standard InChI is InChI=1S/C11H24N2O2/c1-5-11(3,6-2)13-10(14)9-12-7-8-15-4/h12H,5-9H2,1-4H3,(H,13,14). The van der Waals surface area contributed by atoms with E-state index in [1.165, 1.54) is 0 Å². The molecule has 0 aliphatic heterocycles. The van der Waals surface area contributed by atoms with Crippen LogP contribution in [0.15, 0.2) is 0 Å². The zero-order valence-corrected chi connectivity index (χ0v) is 10.4. The molecule has 0 fully saturated rings. The van der Waals surface area contributed by atoms with Crippen LogP contribution in [0.2, 0.25) is 0 Å². The lowest BCUT2D eigenvalue weighted by molar-refractivity contribution is -0.122. The molecule has 0 rings (SSSR count). The van der Waals surface area contributed by atoms with Gasteiger partial charge in [-0.2, -0.15) is 0 Å². The predicted octanol–water partition coefficient (Wildman–Crippen LogP) is 0.917. The van der Waals surface area contributed by atoms with E-state index in [0.717, 1.165) is 12.8 Å². The number of nitrogens with one attached hydrogen (secondary N) is 2. The van der Waals surface area contributed by atoms with Crippen molar-refractivity contribution in [2.45, 2.75) is 39.2 Å². The maximum Gasteiger partial charge on any atom is 0.234 e. The van der Waals surface area contributed by atoms with Gasteiger partial charge in [-0.3, -0.25) is 4.79 Å². The van der Waals surface area contributed by atoms with Gasteiger partial charge in [0.25, 0.3) is 0 Å². The summed E-state index contributed by atoms with van der Waals surface area (Å²) in [4.78, 5) is 11.5. The van der Waals surface area contributed by atoms with Crippen molar-refractivity contribution in [3.8, 4) is 0 Å². The van der Waals surface area contributed by atoms with E-state index in [0.29, 0.717) is 19.7 Å². The van der Waals surface area contributed by atoms with Crippen LogP contribution < -0.4 is 10.6 Å². The smallest absolute Gasteiger partial charge is 0.234 e. The second kappa shape index (κ2) is 7.65. The third kappa shape index (κ3) is 6.47. The van der Waals surface area contributed by atoms with Gasteiger partial charge in [-0.15, -0.1) is 0 Å². The third-order valence-electron chi connectivity index (χ3n) is 2.77. The summed E-state index contributed by atoms with van der Waals surface area (Å²) in [6.45, 7) is 7.94. The van der Waals surface area contributed by atoms with E-state index in [2.05, 4.69) is 31.4 Å². The molecular formula is C11H24N2O2. The lowest BCUT2D eigenvalue weighted by Gasteiger charge is -2.28. The molecule has 0 heterocycles. The molecule has 4 heteroatoms. The Morgan fingerprint density at radius 1 is 1.33 bits per heavy atom. The third-order valence-corrected chi connectivity index (χ3v) is 2.77. The van der Waals surface area contributed by atoms with Gasteiger partial charge in [0.2, 0.25) is 5.91 Å². The van der Waals surface area contributed by atoms with Crippen molar-refractivity contribution in [1.82, 2.24) is 10.6 Å². The van der Waals surface area contributed by atoms with Crippen LogP contribution >= 0.6 is 0 Å². The first-order chi connectivity index (χ1) is 7.08. The Hall–Kier alpha value is -0.610. The van der Waals surface area contributed by atoms with Gasteiger partial charge in [0, 0.05) is 19.2 Å². The molecule has 0 atom stereocenters. The van der Waals surface area contributed by atoms with Gasteiger partial charge in [-0.05, 0) is 19.8 Å². The number of hydrogen-bond acceptors (Lipinski definition) is 3. The van der Waals surface area contributed by atoms with Crippen molar-refractivity contribution in [3.05, 3.63) is 0 Å². The molecule has 0 saturated heterocycles. The van der Waals surface area contributed by atoms with E-state index in [-0.39, 0.29) is 11.4 Å². The van der Waals surface area contributed by atoms with E-state index >= 15 is 0 Å². The minimum absolute atomic E-state index is 0.0531. The van der Waals surface area contributed by atoms with E-state index in [4.69, 9.17) is 4.74 Å². The SMILES string of the molecule is CCC(C)(CC)NC(=O)CNCCOC. The molecule has 0 aliphatic rings. The topological polar surface area (TPSA) is 50.4 Å². The van der Waals surface area contributed by atoms with Crippen molar-refractivity contribution < 1.29 is 9.53 Å². The molecule has 0 aromatic heterocycles. The van der Waals surface area contributed by atoms with Crippen molar-refractivity contribution >= 4 is 5.91 Å². The van der Waals surface area contributed by atoms with Crippen LogP contribution in [0, 0.1) is 0 Å². The zero-order valence-electron chi connectivity index (χ0n) is 10.4. The molecule has 15 heavy (non-hydrogen) atoms. The molecule has 0 bridgehead atoms. The first-order valence-corrected chi connectivity index (χ1v) is 5.58. The van der Waals surface area contributed by atoms with Crippen molar-refractivity contribution in [1.29, 1.82) is 0 Å². The average Bonchev–Trinajstić information content (AvgIpc) is 2.24. The minimum atomic E-state index is -0.0694. The van der Waals surface area contributed by atoms with Crippen LogP contribution in [-0.4, -0.2) is 38.3 Å². The molecule has 0 aliphatic carbocycles. The zero-order chi connectivity index (χ0) is 11.7. The van der Waals surface area contributed by atoms with Crippen LogP contribution in [0.3, 0.4) is 0 Å². The molecule has 4 nitrogen and oxygen atoms in total. The monoisotopic (exact) mass is 216 g/mol. The molecule has 0 saturated carbocycles. The highest BCUT2D eigenvalue weighted by Gasteiger charge is 2.21. The summed E-state index contributed by atoms with van der Waals surface area (Å²) in [6.07, 6.45) is 1.90. The van der Waals surface area contributed by atoms with Gasteiger partial charge in [-0.1, -0.05) is 13.8 Å². The van der Waals surface area contributed by atoms with Gasteiger partial charge in [-0.25, -0.2) is 0 Å². The molecular weight excluding hydrogens is 192 g/mol. The Morgan fingerprint density at radius 2 is 1.93 bits per heavy atom. The first kappa shape index (κ1) is 14.4. The van der Waals surface area contributed by atoms with E-state index < -0.39 is 0 Å². The highest BCUT2D eigenvalue weighted by atomic mass is 16.5. The van der Waals surface area contributed by atoms with Gasteiger partial charge < -0.3 is 15.4 Å². The number of hydrogen-bond donors (Lipinski definition) is 2. The summed E-state index contributed by atoms with van der Waals surface area (Å²) in [6, 6.07) is 0. The molecule has 90 valence electrons. The summed E-state index contributed by atoms with van der Waals surface area (Å²) in [5.74, 6) is 0.0531. The fourth-order valence-corrected chi connectivity index (χ4v) is 1.18. The molecule has 0 unspecified atom stereocenters. The van der Waals surface area contributed by atoms with Gasteiger partial charge >= 0.3 is 0 Å². The molecule has 0 aromatic carbocycles. The summed E-state index contributed by atoms with van der Waals surface area (Å²) in [5.41, 5.74) is -0.0694. The normalized spacial score (nSPS) is 11.5. The number of ether oxygens (including phenoxy) is 1. The van der Waals surface area contributed by atoms with E-state index in [9.17, 15) is 4.79 Å². The van der Waals surface area contributed by atoms with Crippen LogP contribution in [0.4, 0.5) is 0 Å². The van der Waals surface area contributed by atoms with Crippen molar-refractivity contribution in [2.75, 3.05) is 26.8 Å². The van der Waals surface area contributed by atoms with Crippen LogP contribution in [0.5, 0.6) is 0 Å². The molecule has 2 N–H and O–H groups in total. The van der Waals surface area contributed by atoms with Crippen LogP contribution in [-0.2, 0) is 9.53 Å². The minimum Gasteiger partial charge on any atom is -0.383 e. The lowest BCUT2D eigenvalue weighted by Crippen LogP contribution is -2.48. The number of carbonyl (C=O) groups is 1. The molecule has 0 aromatic rings. The molecule has 1 amide bonds. The van der Waals surface area contributed by atoms with Gasteiger partial charge in [0.15, 0.2) is 0 Å². The van der Waals surface area contributed by atoms with Crippen molar-refractivity contribution in [3.63, 3.8) is 0 Å². The lowest BCUT2D eigenvalue weighted by atomic mass is 9.95. The fourth-order valence-electron chi connectivity index (χ4n) is 1.18. The second-order valence-corrected chi connectivity index (χ2v) is 3.99. The highest BCUT2D eigenvalue weighted by Crippen LogP contribution is 2.12. The highest BCUT2D eigenvalue weighted by molar-refractivity contribution is 5.78. The fraction of sp³-hybridized carbons (Fsp3) is 0.909. The quantitative estimate of drug-likeness (QED) is 0.593. The second-order valence-electron chi connectivity index (χ2n) is 3.99. The van der Waals surface area contributed by atoms with Crippen LogP contribution in [0.1, 0.15) is 33.6 Å². The Morgan fingerprint density at radius 3 is 2.40 bits per heavy atom. The Bertz CT molecular complexity index is 179. The summed E-state index contributed by atoms with van der Waals surface area (Å²) >= 11 is 0. The van der Waals surface area contributed by atoms with Gasteiger partial charge in [0.05, 0.1) is 13.2 Å². The summed E-state index contributed by atoms with van der Waals surface area (Å²) in [7, 11) is 1.65. The first-order valence-electron chi connectivity index (χ1n) is 5.58. The number of methoxy groups -OCH3 is 1. The maximum absolute atomic E-state index is 11.5. The largest absolute Gasteiger partial charge is 0.383 e. The van der Waals surface area contributed by atoms with Gasteiger partial charge in [0.1, 0.15) is 0 Å². The van der Waals surface area contributed by atoms with Crippen molar-refractivity contribution in [2.24, 2.45) is 0 Å². The maximum atomic E-state index is 11.5. The number of amides is 1. The Balaban J connectivity index is 3.72. The number of rotatable bonds is 8. The summed E-state index contributed by atoms with van der Waals surface area (Å²) in [5, 5.41) is 6.05. The van der Waals surface area contributed by atoms with E-state index in [1.54, 1.807) is 7.11 Å². The van der Waals surface area contributed by atoms with E-state index in [1.807, 2.05) is 0 Å². The molecule has 0 radical (unpaired) electrons. The molecule has 0 spiro atoms.